The molecule has 0 saturated carbocycles. The van der Waals surface area contributed by atoms with Gasteiger partial charge >= 0.3 is 0 Å². The molecule has 1 N–H and O–H groups in total. The van der Waals surface area contributed by atoms with Crippen LogP contribution in [0, 0.1) is 5.82 Å². The lowest BCUT2D eigenvalue weighted by Crippen LogP contribution is -2.43. The van der Waals surface area contributed by atoms with E-state index in [1.807, 2.05) is 18.2 Å². The molecule has 130 valence electrons. The quantitative estimate of drug-likeness (QED) is 0.780. The number of halogens is 1. The van der Waals surface area contributed by atoms with Crippen LogP contribution in [0.4, 0.5) is 10.1 Å². The summed E-state index contributed by atoms with van der Waals surface area (Å²) >= 11 is 0. The molecule has 0 unspecified atom stereocenters. The van der Waals surface area contributed by atoms with Gasteiger partial charge in [0.1, 0.15) is 5.82 Å². The van der Waals surface area contributed by atoms with Gasteiger partial charge < -0.3 is 10.2 Å². The van der Waals surface area contributed by atoms with Gasteiger partial charge in [0, 0.05) is 43.4 Å². The van der Waals surface area contributed by atoms with Crippen LogP contribution in [0.1, 0.15) is 0 Å². The van der Waals surface area contributed by atoms with Gasteiger partial charge in [-0.15, -0.1) is 0 Å². The Hall–Kier alpha value is -2.38. The fraction of sp³-hybridized carbons (Fsp3) is 0.222. The summed E-state index contributed by atoms with van der Waals surface area (Å²) in [7, 11) is -3.83. The van der Waals surface area contributed by atoms with Crippen molar-refractivity contribution in [3.8, 4) is 0 Å². The van der Waals surface area contributed by atoms with E-state index in [2.05, 4.69) is 10.2 Å². The normalized spacial score (nSPS) is 15.6. The zero-order valence-corrected chi connectivity index (χ0v) is 14.3. The van der Waals surface area contributed by atoms with Gasteiger partial charge in [-0.2, -0.15) is 0 Å². The van der Waals surface area contributed by atoms with E-state index in [1.54, 1.807) is 6.07 Å². The second-order valence-electron chi connectivity index (χ2n) is 6.05. The fourth-order valence-electron chi connectivity index (χ4n) is 3.17. The van der Waals surface area contributed by atoms with E-state index in [0.717, 1.165) is 43.3 Å². The molecule has 1 aromatic heterocycles. The molecule has 5 nitrogen and oxygen atoms in total. The van der Waals surface area contributed by atoms with Crippen molar-refractivity contribution in [2.75, 3.05) is 31.1 Å². The number of piperazine rings is 1. The summed E-state index contributed by atoms with van der Waals surface area (Å²) in [6, 6.07) is 12.6. The lowest BCUT2D eigenvalue weighted by molar-refractivity contribution is 0.584. The molecule has 0 radical (unpaired) electrons. The SMILES string of the molecule is O=S(=O)(c1cccc(F)c1)n1ccc2cc(N3CCNCC3)ccc21. The smallest absolute Gasteiger partial charge is 0.268 e. The van der Waals surface area contributed by atoms with Crippen molar-refractivity contribution in [2.24, 2.45) is 0 Å². The Bertz CT molecular complexity index is 1020. The third-order valence-corrected chi connectivity index (χ3v) is 6.16. The maximum atomic E-state index is 13.4. The molecule has 0 aliphatic carbocycles. The molecule has 4 rings (SSSR count). The third-order valence-electron chi connectivity index (χ3n) is 4.47. The minimum Gasteiger partial charge on any atom is -0.369 e. The molecular formula is C18H18FN3O2S. The van der Waals surface area contributed by atoms with E-state index in [1.165, 1.54) is 28.4 Å². The second-order valence-corrected chi connectivity index (χ2v) is 7.87. The molecule has 7 heteroatoms. The molecule has 0 bridgehead atoms. The first-order chi connectivity index (χ1) is 12.1. The van der Waals surface area contributed by atoms with Crippen molar-refractivity contribution < 1.29 is 12.8 Å². The summed E-state index contributed by atoms with van der Waals surface area (Å²) < 4.78 is 40.3. The van der Waals surface area contributed by atoms with Crippen LogP contribution < -0.4 is 10.2 Å². The molecule has 1 aliphatic heterocycles. The van der Waals surface area contributed by atoms with Crippen molar-refractivity contribution in [1.82, 2.24) is 9.29 Å². The van der Waals surface area contributed by atoms with E-state index in [0.29, 0.717) is 5.52 Å². The van der Waals surface area contributed by atoms with Gasteiger partial charge in [-0.05, 0) is 42.5 Å². The molecule has 0 spiro atoms. The standard InChI is InChI=1S/C18H18FN3O2S/c19-15-2-1-3-17(13-15)25(23,24)22-9-6-14-12-16(4-5-18(14)22)21-10-7-20-8-11-21/h1-6,9,12-13,20H,7-8,10-11H2. The average molecular weight is 359 g/mol. The van der Waals surface area contributed by atoms with Crippen molar-refractivity contribution in [3.63, 3.8) is 0 Å². The number of rotatable bonds is 3. The van der Waals surface area contributed by atoms with Crippen molar-refractivity contribution in [1.29, 1.82) is 0 Å². The first kappa shape index (κ1) is 16.1. The molecule has 1 aliphatic rings. The zero-order valence-electron chi connectivity index (χ0n) is 13.5. The number of nitrogens with one attached hydrogen (secondary N) is 1. The van der Waals surface area contributed by atoms with Crippen molar-refractivity contribution in [2.45, 2.75) is 4.90 Å². The molecule has 0 atom stereocenters. The summed E-state index contributed by atoms with van der Waals surface area (Å²) in [5.41, 5.74) is 1.66. The molecule has 2 aromatic carbocycles. The summed E-state index contributed by atoms with van der Waals surface area (Å²) in [5.74, 6) is -0.571. The number of hydrogen-bond acceptors (Lipinski definition) is 4. The Morgan fingerprint density at radius 2 is 1.80 bits per heavy atom. The van der Waals surface area contributed by atoms with Gasteiger partial charge in [-0.3, -0.25) is 0 Å². The van der Waals surface area contributed by atoms with E-state index >= 15 is 0 Å². The topological polar surface area (TPSA) is 54.3 Å². The molecule has 1 fully saturated rings. The molecular weight excluding hydrogens is 341 g/mol. The molecule has 1 saturated heterocycles. The number of nitrogens with zero attached hydrogens (tertiary/aromatic N) is 2. The van der Waals surface area contributed by atoms with Crippen LogP contribution >= 0.6 is 0 Å². The summed E-state index contributed by atoms with van der Waals surface area (Å²) in [5, 5.41) is 4.16. The number of aromatic nitrogens is 1. The number of benzene rings is 2. The largest absolute Gasteiger partial charge is 0.369 e. The van der Waals surface area contributed by atoms with Gasteiger partial charge in [0.25, 0.3) is 10.0 Å². The summed E-state index contributed by atoms with van der Waals surface area (Å²) in [6.07, 6.45) is 1.52. The Balaban J connectivity index is 1.76. The highest BCUT2D eigenvalue weighted by Gasteiger charge is 2.20. The first-order valence-electron chi connectivity index (χ1n) is 8.14. The van der Waals surface area contributed by atoms with Gasteiger partial charge in [0.05, 0.1) is 10.4 Å². The second kappa shape index (κ2) is 6.16. The van der Waals surface area contributed by atoms with Crippen LogP contribution in [0.25, 0.3) is 10.9 Å². The number of anilines is 1. The van der Waals surface area contributed by atoms with Crippen molar-refractivity contribution in [3.05, 3.63) is 60.5 Å². The monoisotopic (exact) mass is 359 g/mol. The van der Waals surface area contributed by atoms with Gasteiger partial charge in [-0.25, -0.2) is 16.8 Å². The van der Waals surface area contributed by atoms with Crippen LogP contribution in [-0.4, -0.2) is 38.6 Å². The minimum atomic E-state index is -3.83. The average Bonchev–Trinajstić information content (AvgIpc) is 3.06. The molecule has 2 heterocycles. The van der Waals surface area contributed by atoms with Gasteiger partial charge in [-0.1, -0.05) is 6.07 Å². The Morgan fingerprint density at radius 1 is 1.00 bits per heavy atom. The van der Waals surface area contributed by atoms with Gasteiger partial charge in [0.15, 0.2) is 0 Å². The van der Waals surface area contributed by atoms with E-state index in [-0.39, 0.29) is 4.90 Å². The van der Waals surface area contributed by atoms with Crippen LogP contribution in [0.15, 0.2) is 59.6 Å². The molecule has 25 heavy (non-hydrogen) atoms. The summed E-state index contributed by atoms with van der Waals surface area (Å²) in [6.45, 7) is 3.72. The lowest BCUT2D eigenvalue weighted by atomic mass is 10.2. The third kappa shape index (κ3) is 2.89. The van der Waals surface area contributed by atoms with Crippen molar-refractivity contribution >= 4 is 26.6 Å². The van der Waals surface area contributed by atoms with Crippen LogP contribution in [0.2, 0.25) is 0 Å². The van der Waals surface area contributed by atoms with E-state index in [4.69, 9.17) is 0 Å². The predicted molar refractivity (Wildman–Crippen MR) is 96.0 cm³/mol. The lowest BCUT2D eigenvalue weighted by Gasteiger charge is -2.29. The van der Waals surface area contributed by atoms with Crippen LogP contribution in [0.5, 0.6) is 0 Å². The Kier molecular flexibility index (Phi) is 3.97. The van der Waals surface area contributed by atoms with Crippen LogP contribution in [-0.2, 0) is 10.0 Å². The fourth-order valence-corrected chi connectivity index (χ4v) is 4.56. The highest BCUT2D eigenvalue weighted by atomic mass is 32.2. The first-order valence-corrected chi connectivity index (χ1v) is 9.58. The highest BCUT2D eigenvalue weighted by Crippen LogP contribution is 2.26. The Labute approximate surface area is 145 Å². The molecule has 0 amide bonds. The van der Waals surface area contributed by atoms with Crippen LogP contribution in [0.3, 0.4) is 0 Å². The number of fused-ring (bicyclic) bond motifs is 1. The highest BCUT2D eigenvalue weighted by molar-refractivity contribution is 7.90. The predicted octanol–water partition coefficient (Wildman–Crippen LogP) is 2.43. The zero-order chi connectivity index (χ0) is 17.4. The minimum absolute atomic E-state index is 0.0591. The maximum absolute atomic E-state index is 13.4. The number of hydrogen-bond donors (Lipinski definition) is 1. The summed E-state index contributed by atoms with van der Waals surface area (Å²) in [4.78, 5) is 2.21. The molecule has 3 aromatic rings. The van der Waals surface area contributed by atoms with E-state index in [9.17, 15) is 12.8 Å². The van der Waals surface area contributed by atoms with E-state index < -0.39 is 15.8 Å². The van der Waals surface area contributed by atoms with Gasteiger partial charge in [0.2, 0.25) is 0 Å². The maximum Gasteiger partial charge on any atom is 0.268 e. The Morgan fingerprint density at radius 3 is 2.56 bits per heavy atom.